The fourth-order valence-electron chi connectivity index (χ4n) is 2.97. The zero-order valence-corrected chi connectivity index (χ0v) is 12.7. The first-order valence-electron chi connectivity index (χ1n) is 6.89. The second-order valence-corrected chi connectivity index (χ2v) is 6.11. The molecule has 104 valence electrons. The summed E-state index contributed by atoms with van der Waals surface area (Å²) in [7, 11) is 0. The van der Waals surface area contributed by atoms with Crippen LogP contribution in [0.4, 0.5) is 0 Å². The van der Waals surface area contributed by atoms with Gasteiger partial charge in [0.15, 0.2) is 16.9 Å². The fraction of sp³-hybridized carbons (Fsp3) is 0.294. The summed E-state index contributed by atoms with van der Waals surface area (Å²) in [5.41, 5.74) is 5.46. The maximum absolute atomic E-state index is 9.04. The minimum atomic E-state index is 0.154. The number of hydrogen-bond acceptors (Lipinski definition) is 2. The van der Waals surface area contributed by atoms with Gasteiger partial charge in [-0.1, -0.05) is 17.7 Å². The second-order valence-electron chi connectivity index (χ2n) is 5.39. The molecule has 1 N–H and O–H groups in total. The third-order valence-corrected chi connectivity index (χ3v) is 4.41. The number of thiol groups is 1. The summed E-state index contributed by atoms with van der Waals surface area (Å²) in [6.07, 6.45) is 2.29. The number of benzene rings is 2. The van der Waals surface area contributed by atoms with E-state index in [2.05, 4.69) is 26.0 Å². The van der Waals surface area contributed by atoms with Crippen LogP contribution in [0.5, 0.6) is 5.75 Å². The smallest absolute Gasteiger partial charge is 0.187 e. The molecule has 0 aliphatic heterocycles. The molecule has 2 aromatic carbocycles. The van der Waals surface area contributed by atoms with Gasteiger partial charge in [0.2, 0.25) is 0 Å². The Labute approximate surface area is 124 Å². The largest absolute Gasteiger partial charge is 0.486 e. The Kier molecular flexibility index (Phi) is 3.72. The van der Waals surface area contributed by atoms with Crippen molar-refractivity contribution in [3.8, 4) is 5.75 Å². The van der Waals surface area contributed by atoms with Crippen molar-refractivity contribution < 1.29 is 9.29 Å². The molecule has 0 bridgehead atoms. The zero-order chi connectivity index (χ0) is 14.1. The number of fused-ring (bicyclic) bond motifs is 1. The minimum Gasteiger partial charge on any atom is -0.486 e. The average molecular weight is 287 g/mol. The first kappa shape index (κ1) is 13.5. The summed E-state index contributed by atoms with van der Waals surface area (Å²) in [4.78, 5) is 0.885. The predicted molar refractivity (Wildman–Crippen MR) is 83.7 cm³/mol. The molecule has 1 atom stereocenters. The monoisotopic (exact) mass is 287 g/mol. The molecule has 3 rings (SSSR count). The first-order chi connectivity index (χ1) is 9.67. The van der Waals surface area contributed by atoms with E-state index in [0.717, 1.165) is 23.5 Å². The van der Waals surface area contributed by atoms with Gasteiger partial charge < -0.3 is 4.74 Å². The van der Waals surface area contributed by atoms with Crippen molar-refractivity contribution in [3.05, 3.63) is 58.7 Å². The summed E-state index contributed by atoms with van der Waals surface area (Å²) in [5, 5.41) is 0. The number of hydrogen-bond donors (Lipinski definition) is 1. The standard InChI is InChI=1S/C17H18O2S/c1-11-9-12(2)15-7-8-17(16(15)10-11)19-13-3-5-14(20-18)6-4-13/h3-6,9-10,17-18H,7-8H2,1-2H3/p+1/t17-/m1/s1. The van der Waals surface area contributed by atoms with Crippen molar-refractivity contribution >= 4 is 12.0 Å². The molecule has 0 saturated carbocycles. The van der Waals surface area contributed by atoms with Crippen LogP contribution in [-0.2, 0) is 18.5 Å². The van der Waals surface area contributed by atoms with Crippen molar-refractivity contribution in [3.63, 3.8) is 0 Å². The van der Waals surface area contributed by atoms with E-state index in [9.17, 15) is 0 Å². The van der Waals surface area contributed by atoms with E-state index in [-0.39, 0.29) is 6.10 Å². The van der Waals surface area contributed by atoms with Gasteiger partial charge in [-0.2, -0.15) is 4.55 Å². The third-order valence-electron chi connectivity index (χ3n) is 3.89. The van der Waals surface area contributed by atoms with E-state index in [4.69, 9.17) is 9.29 Å². The van der Waals surface area contributed by atoms with Crippen molar-refractivity contribution in [1.29, 1.82) is 0 Å². The molecular formula is C17H19O2S+. The van der Waals surface area contributed by atoms with Crippen LogP contribution in [0.15, 0.2) is 41.3 Å². The van der Waals surface area contributed by atoms with Gasteiger partial charge in [-0.3, -0.25) is 0 Å². The Morgan fingerprint density at radius 3 is 2.60 bits per heavy atom. The van der Waals surface area contributed by atoms with Crippen LogP contribution in [0.2, 0.25) is 0 Å². The Morgan fingerprint density at radius 2 is 1.90 bits per heavy atom. The van der Waals surface area contributed by atoms with E-state index in [0.29, 0.717) is 12.0 Å². The van der Waals surface area contributed by atoms with Gasteiger partial charge in [-0.15, -0.1) is 0 Å². The normalized spacial score (nSPS) is 17.1. The van der Waals surface area contributed by atoms with Gasteiger partial charge in [-0.05, 0) is 67.6 Å². The Hall–Kier alpha value is -1.45. The van der Waals surface area contributed by atoms with Crippen LogP contribution in [0.25, 0.3) is 0 Å². The molecule has 1 aliphatic carbocycles. The van der Waals surface area contributed by atoms with E-state index in [1.807, 2.05) is 24.3 Å². The van der Waals surface area contributed by atoms with E-state index < -0.39 is 0 Å². The van der Waals surface area contributed by atoms with Crippen LogP contribution in [0, 0.1) is 13.8 Å². The number of rotatable bonds is 3. The highest BCUT2D eigenvalue weighted by Gasteiger charge is 2.25. The fourth-order valence-corrected chi connectivity index (χ4v) is 3.25. The van der Waals surface area contributed by atoms with Gasteiger partial charge in [0, 0.05) is 0 Å². The maximum Gasteiger partial charge on any atom is 0.187 e. The van der Waals surface area contributed by atoms with E-state index >= 15 is 0 Å². The minimum absolute atomic E-state index is 0.154. The van der Waals surface area contributed by atoms with Gasteiger partial charge in [-0.25, -0.2) is 0 Å². The molecule has 20 heavy (non-hydrogen) atoms. The van der Waals surface area contributed by atoms with Gasteiger partial charge >= 0.3 is 0 Å². The molecule has 0 fully saturated rings. The topological polar surface area (TPSA) is 29.5 Å². The van der Waals surface area contributed by atoms with Gasteiger partial charge in [0.25, 0.3) is 0 Å². The number of ether oxygens (including phenoxy) is 1. The summed E-state index contributed by atoms with van der Waals surface area (Å²) in [6.45, 7) is 4.32. The lowest BCUT2D eigenvalue weighted by atomic mass is 10.0. The third kappa shape index (κ3) is 2.56. The highest BCUT2D eigenvalue weighted by Crippen LogP contribution is 2.37. The summed E-state index contributed by atoms with van der Waals surface area (Å²) in [6, 6.07) is 12.2. The Balaban J connectivity index is 1.84. The molecule has 0 aromatic heterocycles. The van der Waals surface area contributed by atoms with Crippen LogP contribution < -0.4 is 4.74 Å². The number of aryl methyl sites for hydroxylation is 2. The molecular weight excluding hydrogens is 268 g/mol. The summed E-state index contributed by atoms with van der Waals surface area (Å²) < 4.78 is 15.2. The highest BCUT2D eigenvalue weighted by molar-refractivity contribution is 7.72. The Bertz CT molecular complexity index is 620. The van der Waals surface area contributed by atoms with Crippen LogP contribution in [0.1, 0.15) is 34.8 Å². The first-order valence-corrected chi connectivity index (χ1v) is 7.74. The molecule has 0 unspecified atom stereocenters. The molecule has 0 saturated heterocycles. The SMILES string of the molecule is Cc1cc(C)c2c(c1)[C@H](Oc1ccc([SH+]O)cc1)CC2. The Morgan fingerprint density at radius 1 is 1.15 bits per heavy atom. The van der Waals surface area contributed by atoms with Crippen LogP contribution in [-0.4, -0.2) is 4.55 Å². The molecule has 0 spiro atoms. The molecule has 3 heteroatoms. The van der Waals surface area contributed by atoms with Crippen molar-refractivity contribution in [2.45, 2.75) is 37.7 Å². The quantitative estimate of drug-likeness (QED) is 0.682. The van der Waals surface area contributed by atoms with Crippen molar-refractivity contribution in [2.24, 2.45) is 0 Å². The maximum atomic E-state index is 9.04. The molecule has 2 nitrogen and oxygen atoms in total. The lowest BCUT2D eigenvalue weighted by Gasteiger charge is -2.16. The molecule has 0 radical (unpaired) electrons. The van der Waals surface area contributed by atoms with Crippen LogP contribution >= 0.6 is 0 Å². The predicted octanol–water partition coefficient (Wildman–Crippen LogP) is 4.02. The zero-order valence-electron chi connectivity index (χ0n) is 11.8. The molecule has 1 aliphatic rings. The lowest BCUT2D eigenvalue weighted by Crippen LogP contribution is -2.04. The average Bonchev–Trinajstić information content (AvgIpc) is 2.83. The summed E-state index contributed by atoms with van der Waals surface area (Å²) in [5.74, 6) is 0.870. The lowest BCUT2D eigenvalue weighted by molar-refractivity contribution is 0.207. The van der Waals surface area contributed by atoms with E-state index in [1.165, 1.54) is 22.3 Å². The van der Waals surface area contributed by atoms with Gasteiger partial charge in [0.1, 0.15) is 11.9 Å². The van der Waals surface area contributed by atoms with E-state index in [1.54, 1.807) is 0 Å². The van der Waals surface area contributed by atoms with Crippen molar-refractivity contribution in [1.82, 2.24) is 0 Å². The molecule has 0 heterocycles. The molecule has 0 amide bonds. The molecule has 2 aromatic rings. The highest BCUT2D eigenvalue weighted by atomic mass is 32.2. The summed E-state index contributed by atoms with van der Waals surface area (Å²) >= 11 is 0.302. The van der Waals surface area contributed by atoms with Crippen molar-refractivity contribution in [2.75, 3.05) is 0 Å². The van der Waals surface area contributed by atoms with Gasteiger partial charge in [0.05, 0.1) is 0 Å². The van der Waals surface area contributed by atoms with Crippen LogP contribution in [0.3, 0.4) is 0 Å². The second kappa shape index (κ2) is 5.51.